The molecule has 0 spiro atoms. The molecule has 0 fully saturated rings. The maximum Gasteiger partial charge on any atom is 0.324 e. The fraction of sp³-hybridized carbons (Fsp3) is 0.231. The fourth-order valence-electron chi connectivity index (χ4n) is 4.75. The molecule has 0 saturated carbocycles. The third-order valence-electron chi connectivity index (χ3n) is 6.03. The molecule has 1 atom stereocenters. The monoisotopic (exact) mass is 416 g/mol. The van der Waals surface area contributed by atoms with Crippen LogP contribution in [0, 0.1) is 12.3 Å². The molecule has 0 saturated heterocycles. The number of esters is 2. The Balaban J connectivity index is 2.07. The quantitative estimate of drug-likeness (QED) is 0.435. The van der Waals surface area contributed by atoms with Gasteiger partial charge < -0.3 is 13.9 Å². The van der Waals surface area contributed by atoms with Crippen molar-refractivity contribution in [1.82, 2.24) is 0 Å². The van der Waals surface area contributed by atoms with E-state index in [9.17, 15) is 9.59 Å². The number of carbonyl (C=O) groups is 2. The first-order valence-corrected chi connectivity index (χ1v) is 10.0. The number of rotatable bonds is 4. The summed E-state index contributed by atoms with van der Waals surface area (Å²) < 4.78 is 16.5. The van der Waals surface area contributed by atoms with Gasteiger partial charge in [-0.15, -0.1) is 0 Å². The molecule has 1 heterocycles. The van der Waals surface area contributed by atoms with E-state index in [1.54, 1.807) is 0 Å². The largest absolute Gasteiger partial charge is 0.468 e. The Kier molecular flexibility index (Phi) is 5.27. The van der Waals surface area contributed by atoms with Gasteiger partial charge in [-0.2, -0.15) is 0 Å². The first-order valence-electron chi connectivity index (χ1n) is 10.0. The summed E-state index contributed by atoms with van der Waals surface area (Å²) in [6.45, 7) is 6.08. The number of aryl methyl sites for hydroxylation is 1. The summed E-state index contributed by atoms with van der Waals surface area (Å²) in [5, 5.41) is 0. The topological polar surface area (TPSA) is 65.7 Å². The maximum absolute atomic E-state index is 13.2. The van der Waals surface area contributed by atoms with Crippen molar-refractivity contribution in [3.63, 3.8) is 0 Å². The molecular weight excluding hydrogens is 392 g/mol. The molecular formula is C26H24O5. The van der Waals surface area contributed by atoms with Gasteiger partial charge in [-0.05, 0) is 18.1 Å². The SMILES string of the molecule is C=C1CC(C(=O)OC)(C(=O)OC)C(c2ccccc2)c2c(C)oc(-c3ccccc3)c21. The Morgan fingerprint density at radius 1 is 0.968 bits per heavy atom. The van der Waals surface area contributed by atoms with Gasteiger partial charge in [0.1, 0.15) is 11.5 Å². The average Bonchev–Trinajstić information content (AvgIpc) is 3.16. The van der Waals surface area contributed by atoms with Crippen molar-refractivity contribution in [2.24, 2.45) is 5.41 Å². The second-order valence-electron chi connectivity index (χ2n) is 7.72. The second kappa shape index (κ2) is 7.91. The minimum absolute atomic E-state index is 0.0672. The van der Waals surface area contributed by atoms with Crippen LogP contribution in [0.3, 0.4) is 0 Å². The number of fused-ring (bicyclic) bond motifs is 1. The van der Waals surface area contributed by atoms with E-state index >= 15 is 0 Å². The molecule has 0 aliphatic heterocycles. The Bertz CT molecular complexity index is 1130. The highest BCUT2D eigenvalue weighted by atomic mass is 16.5. The van der Waals surface area contributed by atoms with Crippen molar-refractivity contribution in [2.45, 2.75) is 19.3 Å². The van der Waals surface area contributed by atoms with Crippen molar-refractivity contribution in [1.29, 1.82) is 0 Å². The standard InChI is InChI=1S/C26H24O5/c1-16-15-26(24(27)29-3,25(28)30-4)22(18-11-7-5-8-12-18)21-17(2)31-23(20(16)21)19-13-9-6-10-14-19/h5-14,22H,1,15H2,2-4H3. The second-order valence-corrected chi connectivity index (χ2v) is 7.72. The normalized spacial score (nSPS) is 17.0. The molecule has 1 unspecified atom stereocenters. The summed E-state index contributed by atoms with van der Waals surface area (Å²) in [7, 11) is 2.57. The molecule has 2 aromatic carbocycles. The van der Waals surface area contributed by atoms with Gasteiger partial charge in [0.25, 0.3) is 0 Å². The molecule has 0 radical (unpaired) electrons. The maximum atomic E-state index is 13.2. The summed E-state index contributed by atoms with van der Waals surface area (Å²) in [5.74, 6) is -0.637. The van der Waals surface area contributed by atoms with E-state index in [1.165, 1.54) is 14.2 Å². The van der Waals surface area contributed by atoms with E-state index in [2.05, 4.69) is 6.58 Å². The van der Waals surface area contributed by atoms with Crippen LogP contribution in [0.2, 0.25) is 0 Å². The van der Waals surface area contributed by atoms with Crippen LogP contribution in [-0.2, 0) is 19.1 Å². The number of ether oxygens (including phenoxy) is 2. The lowest BCUT2D eigenvalue weighted by molar-refractivity contribution is -0.170. The average molecular weight is 416 g/mol. The van der Waals surface area contributed by atoms with Crippen molar-refractivity contribution in [3.05, 3.63) is 89.7 Å². The fourth-order valence-corrected chi connectivity index (χ4v) is 4.75. The Morgan fingerprint density at radius 2 is 1.52 bits per heavy atom. The zero-order valence-corrected chi connectivity index (χ0v) is 17.8. The van der Waals surface area contributed by atoms with E-state index in [4.69, 9.17) is 13.9 Å². The van der Waals surface area contributed by atoms with Gasteiger partial charge >= 0.3 is 11.9 Å². The zero-order valence-electron chi connectivity index (χ0n) is 17.8. The van der Waals surface area contributed by atoms with E-state index in [-0.39, 0.29) is 6.42 Å². The van der Waals surface area contributed by atoms with Gasteiger partial charge in [-0.25, -0.2) is 0 Å². The molecule has 158 valence electrons. The molecule has 31 heavy (non-hydrogen) atoms. The minimum atomic E-state index is -1.60. The van der Waals surface area contributed by atoms with Gasteiger partial charge in [0.05, 0.1) is 14.2 Å². The Morgan fingerprint density at radius 3 is 2.06 bits per heavy atom. The van der Waals surface area contributed by atoms with Crippen LogP contribution in [-0.4, -0.2) is 26.2 Å². The van der Waals surface area contributed by atoms with Crippen LogP contribution in [0.25, 0.3) is 16.9 Å². The van der Waals surface area contributed by atoms with E-state index in [0.717, 1.165) is 22.3 Å². The third kappa shape index (κ3) is 3.08. The van der Waals surface area contributed by atoms with E-state index < -0.39 is 23.3 Å². The molecule has 1 aliphatic rings. The van der Waals surface area contributed by atoms with Gasteiger partial charge in [0.2, 0.25) is 0 Å². The first kappa shape index (κ1) is 20.7. The lowest BCUT2D eigenvalue weighted by Crippen LogP contribution is -2.48. The van der Waals surface area contributed by atoms with Gasteiger partial charge in [-0.3, -0.25) is 9.59 Å². The summed E-state index contributed by atoms with van der Waals surface area (Å²) in [5.41, 5.74) is 2.34. The van der Waals surface area contributed by atoms with Crippen molar-refractivity contribution in [2.75, 3.05) is 14.2 Å². The van der Waals surface area contributed by atoms with Crippen LogP contribution in [0.5, 0.6) is 0 Å². The summed E-state index contributed by atoms with van der Waals surface area (Å²) in [4.78, 5) is 26.4. The van der Waals surface area contributed by atoms with E-state index in [1.807, 2.05) is 67.6 Å². The van der Waals surface area contributed by atoms with Crippen molar-refractivity contribution < 1.29 is 23.5 Å². The lowest BCUT2D eigenvalue weighted by Gasteiger charge is -2.40. The summed E-state index contributed by atoms with van der Waals surface area (Å²) in [6.07, 6.45) is 0.0672. The number of carbonyl (C=O) groups excluding carboxylic acids is 2. The molecule has 1 aromatic heterocycles. The zero-order chi connectivity index (χ0) is 22.2. The number of methoxy groups -OCH3 is 2. The number of hydrogen-bond acceptors (Lipinski definition) is 5. The highest BCUT2D eigenvalue weighted by Gasteiger charge is 2.60. The molecule has 5 heteroatoms. The predicted octanol–water partition coefficient (Wildman–Crippen LogP) is 5.14. The van der Waals surface area contributed by atoms with Crippen molar-refractivity contribution >= 4 is 17.5 Å². The van der Waals surface area contributed by atoms with Crippen LogP contribution in [0.4, 0.5) is 0 Å². The summed E-state index contributed by atoms with van der Waals surface area (Å²) >= 11 is 0. The molecule has 4 rings (SSSR count). The Hall–Kier alpha value is -3.60. The minimum Gasteiger partial charge on any atom is -0.468 e. The third-order valence-corrected chi connectivity index (χ3v) is 6.03. The molecule has 3 aromatic rings. The molecule has 5 nitrogen and oxygen atoms in total. The predicted molar refractivity (Wildman–Crippen MR) is 117 cm³/mol. The van der Waals surface area contributed by atoms with Gasteiger partial charge in [0.15, 0.2) is 5.41 Å². The van der Waals surface area contributed by atoms with Gasteiger partial charge in [-0.1, -0.05) is 67.2 Å². The van der Waals surface area contributed by atoms with Crippen LogP contribution < -0.4 is 0 Å². The molecule has 0 N–H and O–H groups in total. The van der Waals surface area contributed by atoms with Crippen molar-refractivity contribution in [3.8, 4) is 11.3 Å². The molecule has 0 amide bonds. The summed E-state index contributed by atoms with van der Waals surface area (Å²) in [6, 6.07) is 19.2. The first-order chi connectivity index (χ1) is 15.0. The van der Waals surface area contributed by atoms with Crippen LogP contribution in [0.1, 0.15) is 34.8 Å². The highest BCUT2D eigenvalue weighted by molar-refractivity contribution is 6.05. The van der Waals surface area contributed by atoms with E-state index in [0.29, 0.717) is 17.1 Å². The van der Waals surface area contributed by atoms with Gasteiger partial charge in [0, 0.05) is 29.0 Å². The highest BCUT2D eigenvalue weighted by Crippen LogP contribution is 2.57. The van der Waals surface area contributed by atoms with Crippen LogP contribution in [0.15, 0.2) is 71.7 Å². The number of benzene rings is 2. The van der Waals surface area contributed by atoms with Crippen LogP contribution >= 0.6 is 0 Å². The number of hydrogen-bond donors (Lipinski definition) is 0. The molecule has 0 bridgehead atoms. The number of allylic oxidation sites excluding steroid dienone is 1. The Labute approximate surface area is 181 Å². The smallest absolute Gasteiger partial charge is 0.324 e. The lowest BCUT2D eigenvalue weighted by atomic mass is 9.60. The molecule has 1 aliphatic carbocycles. The number of furan rings is 1.